The first-order valence-corrected chi connectivity index (χ1v) is 6.57. The summed E-state index contributed by atoms with van der Waals surface area (Å²) in [6, 6.07) is 14.9. The molecule has 2 aromatic carbocycles. The van der Waals surface area contributed by atoms with Crippen LogP contribution in [0.1, 0.15) is 5.56 Å². The molecule has 0 bridgehead atoms. The lowest BCUT2D eigenvalue weighted by molar-refractivity contribution is 0.484. The van der Waals surface area contributed by atoms with Crippen molar-refractivity contribution in [2.45, 2.75) is 4.90 Å². The van der Waals surface area contributed by atoms with Gasteiger partial charge in [0, 0.05) is 4.90 Å². The Hall–Kier alpha value is -2.12. The monoisotopic (exact) mass is 256 g/mol. The molecule has 0 atom stereocenters. The summed E-state index contributed by atoms with van der Waals surface area (Å²) in [6.07, 6.45) is 2.02. The number of hydrogen-bond donors (Lipinski definition) is 1. The quantitative estimate of drug-likeness (QED) is 0.672. The van der Waals surface area contributed by atoms with Gasteiger partial charge in [-0.2, -0.15) is 5.26 Å². The van der Waals surface area contributed by atoms with Gasteiger partial charge in [-0.25, -0.2) is 0 Å². The minimum atomic E-state index is 0.369. The van der Waals surface area contributed by atoms with Crippen LogP contribution in [0.2, 0.25) is 0 Å². The van der Waals surface area contributed by atoms with E-state index in [-0.39, 0.29) is 0 Å². The lowest BCUT2D eigenvalue weighted by Crippen LogP contribution is -1.95. The molecule has 18 heavy (non-hydrogen) atoms. The Morgan fingerprint density at radius 1 is 1.17 bits per heavy atom. The van der Waals surface area contributed by atoms with E-state index < -0.39 is 0 Å². The summed E-state index contributed by atoms with van der Waals surface area (Å²) in [7, 11) is 0. The maximum absolute atomic E-state index is 8.89. The summed E-state index contributed by atoms with van der Waals surface area (Å²) < 4.78 is 5.67. The Kier molecular flexibility index (Phi) is 3.75. The lowest BCUT2D eigenvalue weighted by Gasteiger charge is -2.09. The van der Waals surface area contributed by atoms with Crippen molar-refractivity contribution in [3.05, 3.63) is 48.0 Å². The average molecular weight is 256 g/mol. The Bertz CT molecular complexity index is 588. The molecule has 0 spiro atoms. The van der Waals surface area contributed by atoms with Crippen LogP contribution in [0.3, 0.4) is 0 Å². The molecule has 0 saturated heterocycles. The molecule has 0 radical (unpaired) electrons. The highest BCUT2D eigenvalue weighted by molar-refractivity contribution is 7.98. The number of nitrogens with two attached hydrogens (primary N) is 1. The molecule has 4 heteroatoms. The summed E-state index contributed by atoms with van der Waals surface area (Å²) in [6.45, 7) is 0. The normalized spacial score (nSPS) is 9.78. The third-order valence-corrected chi connectivity index (χ3v) is 3.22. The van der Waals surface area contributed by atoms with Crippen LogP contribution in [0, 0.1) is 11.3 Å². The van der Waals surface area contributed by atoms with E-state index in [1.807, 2.05) is 36.6 Å². The van der Waals surface area contributed by atoms with Gasteiger partial charge >= 0.3 is 0 Å². The highest BCUT2D eigenvalue weighted by Crippen LogP contribution is 2.30. The van der Waals surface area contributed by atoms with Crippen molar-refractivity contribution in [1.82, 2.24) is 0 Å². The number of nitriles is 1. The van der Waals surface area contributed by atoms with Crippen LogP contribution in [0.15, 0.2) is 47.4 Å². The summed E-state index contributed by atoms with van der Waals surface area (Å²) >= 11 is 1.67. The number of para-hydroxylation sites is 1. The number of ether oxygens (including phenoxy) is 1. The molecule has 0 unspecified atom stereocenters. The lowest BCUT2D eigenvalue weighted by atomic mass is 10.2. The number of hydrogen-bond acceptors (Lipinski definition) is 4. The molecular formula is C14H12N2OS. The standard InChI is InChI=1S/C14H12N2OS/c1-18-12-7-5-11(6-8-12)17-13-4-2-3-10(9-15)14(13)16/h2-8H,16H2,1H3. The maximum Gasteiger partial charge on any atom is 0.151 e. The summed E-state index contributed by atoms with van der Waals surface area (Å²) in [4.78, 5) is 1.17. The molecule has 0 aliphatic carbocycles. The van der Waals surface area contributed by atoms with E-state index in [1.165, 1.54) is 4.90 Å². The fraction of sp³-hybridized carbons (Fsp3) is 0.0714. The second kappa shape index (κ2) is 5.48. The van der Waals surface area contributed by atoms with Crippen molar-refractivity contribution >= 4 is 17.4 Å². The topological polar surface area (TPSA) is 59.0 Å². The van der Waals surface area contributed by atoms with Gasteiger partial charge in [0.1, 0.15) is 11.8 Å². The molecule has 0 aromatic heterocycles. The van der Waals surface area contributed by atoms with Crippen LogP contribution in [-0.4, -0.2) is 6.26 Å². The number of rotatable bonds is 3. The van der Waals surface area contributed by atoms with Crippen LogP contribution in [0.4, 0.5) is 5.69 Å². The Labute approximate surface area is 110 Å². The molecule has 0 saturated carbocycles. The van der Waals surface area contributed by atoms with E-state index in [1.54, 1.807) is 30.0 Å². The average Bonchev–Trinajstić information content (AvgIpc) is 2.42. The van der Waals surface area contributed by atoms with Crippen molar-refractivity contribution in [3.8, 4) is 17.6 Å². The first kappa shape index (κ1) is 12.3. The molecule has 90 valence electrons. The largest absolute Gasteiger partial charge is 0.455 e. The fourth-order valence-electron chi connectivity index (χ4n) is 1.50. The molecule has 0 aliphatic rings. The fourth-order valence-corrected chi connectivity index (χ4v) is 1.91. The Morgan fingerprint density at radius 3 is 2.50 bits per heavy atom. The molecular weight excluding hydrogens is 244 g/mol. The van der Waals surface area contributed by atoms with Crippen LogP contribution >= 0.6 is 11.8 Å². The Balaban J connectivity index is 2.26. The van der Waals surface area contributed by atoms with Gasteiger partial charge in [0.25, 0.3) is 0 Å². The zero-order valence-corrected chi connectivity index (χ0v) is 10.7. The van der Waals surface area contributed by atoms with Gasteiger partial charge in [-0.3, -0.25) is 0 Å². The van der Waals surface area contributed by atoms with Crippen molar-refractivity contribution < 1.29 is 4.74 Å². The van der Waals surface area contributed by atoms with E-state index in [0.29, 0.717) is 22.7 Å². The van der Waals surface area contributed by atoms with Crippen molar-refractivity contribution in [1.29, 1.82) is 5.26 Å². The van der Waals surface area contributed by atoms with Crippen molar-refractivity contribution in [2.24, 2.45) is 0 Å². The van der Waals surface area contributed by atoms with Gasteiger partial charge in [0.05, 0.1) is 11.3 Å². The van der Waals surface area contributed by atoms with Crippen LogP contribution < -0.4 is 10.5 Å². The van der Waals surface area contributed by atoms with Gasteiger partial charge in [-0.1, -0.05) is 6.07 Å². The second-order valence-corrected chi connectivity index (χ2v) is 4.49. The summed E-state index contributed by atoms with van der Waals surface area (Å²) in [5, 5.41) is 8.89. The van der Waals surface area contributed by atoms with Crippen LogP contribution in [0.25, 0.3) is 0 Å². The third-order valence-electron chi connectivity index (χ3n) is 2.47. The highest BCUT2D eigenvalue weighted by atomic mass is 32.2. The minimum Gasteiger partial charge on any atom is -0.455 e. The van der Waals surface area contributed by atoms with Crippen molar-refractivity contribution in [3.63, 3.8) is 0 Å². The molecule has 2 aromatic rings. The predicted octanol–water partition coefficient (Wildman–Crippen LogP) is 3.65. The van der Waals surface area contributed by atoms with Gasteiger partial charge < -0.3 is 10.5 Å². The van der Waals surface area contributed by atoms with Gasteiger partial charge in [-0.15, -0.1) is 11.8 Å². The van der Waals surface area contributed by atoms with E-state index in [2.05, 4.69) is 0 Å². The summed E-state index contributed by atoms with van der Waals surface area (Å²) in [5.41, 5.74) is 6.64. The summed E-state index contributed by atoms with van der Waals surface area (Å²) in [5.74, 6) is 1.21. The van der Waals surface area contributed by atoms with E-state index in [9.17, 15) is 0 Å². The number of thioether (sulfide) groups is 1. The van der Waals surface area contributed by atoms with Crippen LogP contribution in [-0.2, 0) is 0 Å². The second-order valence-electron chi connectivity index (χ2n) is 3.61. The van der Waals surface area contributed by atoms with E-state index >= 15 is 0 Å². The van der Waals surface area contributed by atoms with Gasteiger partial charge in [0.15, 0.2) is 5.75 Å². The van der Waals surface area contributed by atoms with Gasteiger partial charge in [0.2, 0.25) is 0 Å². The zero-order chi connectivity index (χ0) is 13.0. The predicted molar refractivity (Wildman–Crippen MR) is 73.9 cm³/mol. The third kappa shape index (κ3) is 2.58. The SMILES string of the molecule is CSc1ccc(Oc2cccc(C#N)c2N)cc1. The molecule has 2 N–H and O–H groups in total. The Morgan fingerprint density at radius 2 is 1.89 bits per heavy atom. The zero-order valence-electron chi connectivity index (χ0n) is 9.88. The molecule has 0 heterocycles. The number of nitrogen functional groups attached to an aromatic ring is 1. The van der Waals surface area contributed by atoms with Crippen molar-refractivity contribution in [2.75, 3.05) is 12.0 Å². The molecule has 0 fully saturated rings. The van der Waals surface area contributed by atoms with E-state index in [4.69, 9.17) is 15.7 Å². The van der Waals surface area contributed by atoms with E-state index in [0.717, 1.165) is 0 Å². The maximum atomic E-state index is 8.89. The number of benzene rings is 2. The highest BCUT2D eigenvalue weighted by Gasteiger charge is 2.06. The number of nitrogens with zero attached hydrogens (tertiary/aromatic N) is 1. The number of anilines is 1. The molecule has 0 aliphatic heterocycles. The van der Waals surface area contributed by atoms with Gasteiger partial charge in [-0.05, 0) is 42.7 Å². The molecule has 3 nitrogen and oxygen atoms in total. The molecule has 0 amide bonds. The molecule has 2 rings (SSSR count). The smallest absolute Gasteiger partial charge is 0.151 e. The first-order chi connectivity index (χ1) is 8.74. The minimum absolute atomic E-state index is 0.369. The van der Waals surface area contributed by atoms with Crippen LogP contribution in [0.5, 0.6) is 11.5 Å². The first-order valence-electron chi connectivity index (χ1n) is 5.35.